The molecule has 7 aromatic carbocycles. The summed E-state index contributed by atoms with van der Waals surface area (Å²) in [4.78, 5) is 7.40. The van der Waals surface area contributed by atoms with Crippen molar-refractivity contribution in [2.45, 2.75) is 0 Å². The summed E-state index contributed by atoms with van der Waals surface area (Å²) >= 11 is 1.83. The van der Waals surface area contributed by atoms with Gasteiger partial charge >= 0.3 is 0 Å². The Morgan fingerprint density at radius 3 is 1.91 bits per heavy atom. The Bertz CT molecular complexity index is 2480. The Kier molecular flexibility index (Phi) is 6.00. The van der Waals surface area contributed by atoms with E-state index >= 15 is 0 Å². The van der Waals surface area contributed by atoms with Crippen LogP contribution in [0.25, 0.3) is 64.6 Å². The zero-order valence-electron chi connectivity index (χ0n) is 24.2. The molecule has 0 spiro atoms. The maximum atomic E-state index is 6.70. The van der Waals surface area contributed by atoms with Gasteiger partial charge in [0, 0.05) is 42.5 Å². The number of hydrogen-bond donors (Lipinski definition) is 0. The van der Waals surface area contributed by atoms with E-state index in [1.54, 1.807) is 0 Å². The van der Waals surface area contributed by atoms with E-state index in [4.69, 9.17) is 9.40 Å². The van der Waals surface area contributed by atoms with Crippen LogP contribution in [0.5, 0.6) is 0 Å². The lowest BCUT2D eigenvalue weighted by atomic mass is 10.0. The molecule has 9 rings (SSSR count). The highest BCUT2D eigenvalue weighted by atomic mass is 32.1. The molecule has 0 atom stereocenters. The molecular formula is C41H26N2OS. The summed E-state index contributed by atoms with van der Waals surface area (Å²) in [6, 6.07) is 55.5. The van der Waals surface area contributed by atoms with E-state index in [1.807, 2.05) is 41.7 Å². The SMILES string of the molecule is c1ccc(-c2ccc(N(c3ccc4sc5ccccc5c4c3)c3cc4ccccc4c4nc(-c5ccccc5)oc34)cc2)cc1. The first kappa shape index (κ1) is 25.8. The van der Waals surface area contributed by atoms with Crippen molar-refractivity contribution in [2.24, 2.45) is 0 Å². The number of hydrogen-bond acceptors (Lipinski definition) is 4. The fourth-order valence-electron chi connectivity index (χ4n) is 6.31. The minimum absolute atomic E-state index is 0.613. The molecule has 4 heteroatoms. The van der Waals surface area contributed by atoms with Crippen molar-refractivity contribution in [1.29, 1.82) is 0 Å². The molecule has 0 N–H and O–H groups in total. The van der Waals surface area contributed by atoms with E-state index in [2.05, 4.69) is 132 Å². The quantitative estimate of drug-likeness (QED) is 0.198. The largest absolute Gasteiger partial charge is 0.434 e. The average Bonchev–Trinajstić information content (AvgIpc) is 3.72. The van der Waals surface area contributed by atoms with E-state index in [9.17, 15) is 0 Å². The molecule has 0 saturated heterocycles. The summed E-state index contributed by atoms with van der Waals surface area (Å²) in [6.45, 7) is 0. The second kappa shape index (κ2) is 10.5. The summed E-state index contributed by atoms with van der Waals surface area (Å²) < 4.78 is 9.27. The number of aromatic nitrogens is 1. The lowest BCUT2D eigenvalue weighted by Crippen LogP contribution is -2.10. The third-order valence-electron chi connectivity index (χ3n) is 8.48. The van der Waals surface area contributed by atoms with Gasteiger partial charge in [-0.15, -0.1) is 11.3 Å². The van der Waals surface area contributed by atoms with Gasteiger partial charge in [-0.3, -0.25) is 0 Å². The van der Waals surface area contributed by atoms with Crippen molar-refractivity contribution in [1.82, 2.24) is 4.98 Å². The minimum Gasteiger partial charge on any atom is -0.434 e. The van der Waals surface area contributed by atoms with Gasteiger partial charge in [0.05, 0.1) is 5.69 Å². The van der Waals surface area contributed by atoms with Crippen molar-refractivity contribution in [3.8, 4) is 22.6 Å². The number of oxazole rings is 1. The van der Waals surface area contributed by atoms with Gasteiger partial charge in [0.2, 0.25) is 5.89 Å². The molecule has 0 aliphatic carbocycles. The van der Waals surface area contributed by atoms with Crippen LogP contribution in [0.4, 0.5) is 17.1 Å². The predicted molar refractivity (Wildman–Crippen MR) is 190 cm³/mol. The summed E-state index contributed by atoms with van der Waals surface area (Å²) in [5, 5.41) is 4.70. The number of anilines is 3. The summed E-state index contributed by atoms with van der Waals surface area (Å²) in [6.07, 6.45) is 0. The second-order valence-corrected chi connectivity index (χ2v) is 12.3. The molecule has 0 aliphatic rings. The molecule has 9 aromatic rings. The molecule has 2 aromatic heterocycles. The van der Waals surface area contributed by atoms with Gasteiger partial charge in [0.25, 0.3) is 0 Å². The van der Waals surface area contributed by atoms with Crippen LogP contribution in [0.1, 0.15) is 0 Å². The van der Waals surface area contributed by atoms with Crippen LogP contribution in [0.3, 0.4) is 0 Å². The fourth-order valence-corrected chi connectivity index (χ4v) is 7.40. The monoisotopic (exact) mass is 594 g/mol. The number of fused-ring (bicyclic) bond motifs is 6. The van der Waals surface area contributed by atoms with Gasteiger partial charge in [-0.1, -0.05) is 103 Å². The van der Waals surface area contributed by atoms with Crippen LogP contribution in [-0.2, 0) is 0 Å². The van der Waals surface area contributed by atoms with E-state index in [-0.39, 0.29) is 0 Å². The summed E-state index contributed by atoms with van der Waals surface area (Å²) in [7, 11) is 0. The van der Waals surface area contributed by atoms with Crippen molar-refractivity contribution >= 4 is 70.4 Å². The molecule has 0 amide bonds. The van der Waals surface area contributed by atoms with Crippen molar-refractivity contribution in [3.05, 3.63) is 158 Å². The smallest absolute Gasteiger partial charge is 0.227 e. The average molecular weight is 595 g/mol. The standard InChI is InChI=1S/C41H26N2OS/c1-3-11-27(12-4-1)28-19-21-31(22-20-28)43(32-23-24-38-35(26-32)34-17-9-10-18-37(34)45-38)36-25-30-15-7-8-16-33(30)39-40(36)44-41(42-39)29-13-5-2-6-14-29/h1-26H. The number of nitrogens with zero attached hydrogens (tertiary/aromatic N) is 2. The van der Waals surface area contributed by atoms with Gasteiger partial charge in [-0.2, -0.15) is 0 Å². The Balaban J connectivity index is 1.31. The first-order chi connectivity index (χ1) is 22.3. The summed E-state index contributed by atoms with van der Waals surface area (Å²) in [5.41, 5.74) is 7.99. The van der Waals surface area contributed by atoms with Crippen LogP contribution in [0, 0.1) is 0 Å². The maximum Gasteiger partial charge on any atom is 0.227 e. The number of benzene rings is 7. The normalized spacial score (nSPS) is 11.6. The molecule has 0 unspecified atom stereocenters. The maximum absolute atomic E-state index is 6.70. The lowest BCUT2D eigenvalue weighted by molar-refractivity contribution is 0.620. The molecule has 0 saturated carbocycles. The molecule has 212 valence electrons. The van der Waals surface area contributed by atoms with Crippen LogP contribution >= 0.6 is 11.3 Å². The Morgan fingerprint density at radius 2 is 1.11 bits per heavy atom. The minimum atomic E-state index is 0.613. The van der Waals surface area contributed by atoms with Gasteiger partial charge < -0.3 is 9.32 Å². The molecule has 0 radical (unpaired) electrons. The van der Waals surface area contributed by atoms with Gasteiger partial charge in [-0.25, -0.2) is 4.98 Å². The van der Waals surface area contributed by atoms with Crippen LogP contribution in [0.15, 0.2) is 162 Å². The zero-order valence-corrected chi connectivity index (χ0v) is 25.0. The first-order valence-electron chi connectivity index (χ1n) is 15.0. The van der Waals surface area contributed by atoms with E-state index in [0.29, 0.717) is 5.89 Å². The Morgan fingerprint density at radius 1 is 0.489 bits per heavy atom. The van der Waals surface area contributed by atoms with E-state index < -0.39 is 0 Å². The highest BCUT2D eigenvalue weighted by molar-refractivity contribution is 7.25. The molecule has 0 aliphatic heterocycles. The van der Waals surface area contributed by atoms with Crippen molar-refractivity contribution in [2.75, 3.05) is 4.90 Å². The van der Waals surface area contributed by atoms with Crippen LogP contribution < -0.4 is 4.90 Å². The zero-order chi connectivity index (χ0) is 29.7. The highest BCUT2D eigenvalue weighted by Crippen LogP contribution is 2.45. The first-order valence-corrected chi connectivity index (χ1v) is 15.9. The molecule has 0 bridgehead atoms. The molecule has 3 nitrogen and oxygen atoms in total. The summed E-state index contributed by atoms with van der Waals surface area (Å²) in [5.74, 6) is 0.613. The second-order valence-electron chi connectivity index (χ2n) is 11.2. The Labute approximate surface area is 264 Å². The van der Waals surface area contributed by atoms with Crippen LogP contribution in [-0.4, -0.2) is 4.98 Å². The fraction of sp³-hybridized carbons (Fsp3) is 0. The molecule has 0 fully saturated rings. The highest BCUT2D eigenvalue weighted by Gasteiger charge is 2.23. The number of thiophene rings is 1. The topological polar surface area (TPSA) is 29.3 Å². The number of rotatable bonds is 5. The molecule has 45 heavy (non-hydrogen) atoms. The third-order valence-corrected chi connectivity index (χ3v) is 9.63. The lowest BCUT2D eigenvalue weighted by Gasteiger charge is -2.26. The van der Waals surface area contributed by atoms with Gasteiger partial charge in [0.1, 0.15) is 5.52 Å². The van der Waals surface area contributed by atoms with Crippen LogP contribution in [0.2, 0.25) is 0 Å². The third kappa shape index (κ3) is 4.38. The Hall–Kier alpha value is -5.71. The molecule has 2 heterocycles. The van der Waals surface area contributed by atoms with Crippen molar-refractivity contribution in [3.63, 3.8) is 0 Å². The molecular weight excluding hydrogens is 569 g/mol. The van der Waals surface area contributed by atoms with Gasteiger partial charge in [-0.05, 0) is 71.1 Å². The van der Waals surface area contributed by atoms with Crippen molar-refractivity contribution < 1.29 is 4.42 Å². The van der Waals surface area contributed by atoms with E-state index in [1.165, 1.54) is 31.3 Å². The predicted octanol–water partition coefficient (Wildman–Crippen LogP) is 12.2. The van der Waals surface area contributed by atoms with E-state index in [0.717, 1.165) is 44.5 Å². The van der Waals surface area contributed by atoms with Gasteiger partial charge in [0.15, 0.2) is 5.58 Å².